The number of fused-ring (bicyclic) bond motifs is 5. The van der Waals surface area contributed by atoms with E-state index >= 15 is 0 Å². The third-order valence-corrected chi connectivity index (χ3v) is 7.57. The van der Waals surface area contributed by atoms with Crippen LogP contribution in [0.15, 0.2) is 30.3 Å². The number of carbonyl (C=O) groups is 2. The lowest BCUT2D eigenvalue weighted by Gasteiger charge is -2.24. The molecule has 2 aromatic rings. The zero-order valence-corrected chi connectivity index (χ0v) is 24.7. The molecule has 3 unspecified atom stereocenters. The molecule has 2 aliphatic rings. The number of rotatable bonds is 5. The van der Waals surface area contributed by atoms with Crippen LogP contribution in [0.5, 0.6) is 23.0 Å². The Morgan fingerprint density at radius 3 is 2.26 bits per heavy atom. The van der Waals surface area contributed by atoms with Gasteiger partial charge in [0.1, 0.15) is 6.10 Å². The van der Waals surface area contributed by atoms with Gasteiger partial charge in [-0.05, 0) is 75.5 Å². The van der Waals surface area contributed by atoms with Gasteiger partial charge in [-0.15, -0.1) is 0 Å². The van der Waals surface area contributed by atoms with Crippen molar-refractivity contribution in [1.29, 1.82) is 0 Å². The smallest absolute Gasteiger partial charge is 0.338 e. The summed E-state index contributed by atoms with van der Waals surface area (Å²) >= 11 is 0. The van der Waals surface area contributed by atoms with Crippen LogP contribution in [-0.4, -0.2) is 102 Å². The monoisotopic (exact) mass is 588 g/mol. The van der Waals surface area contributed by atoms with Gasteiger partial charge < -0.3 is 38.2 Å². The molecule has 2 aliphatic heterocycles. The highest BCUT2D eigenvalue weighted by Crippen LogP contribution is 2.39. The first-order valence-corrected chi connectivity index (χ1v) is 14.5. The van der Waals surface area contributed by atoms with Crippen LogP contribution in [0.4, 0.5) is 4.39 Å². The van der Waals surface area contributed by atoms with Gasteiger partial charge in [0, 0.05) is 26.2 Å². The van der Waals surface area contributed by atoms with Crippen molar-refractivity contribution < 1.29 is 42.4 Å². The third kappa shape index (κ3) is 8.48. The van der Waals surface area contributed by atoms with Crippen molar-refractivity contribution in [2.75, 3.05) is 73.8 Å². The van der Waals surface area contributed by atoms with Gasteiger partial charge in [0.25, 0.3) is 0 Å². The molecule has 42 heavy (non-hydrogen) atoms. The summed E-state index contributed by atoms with van der Waals surface area (Å²) in [5.74, 6) is -0.437. The lowest BCUT2D eigenvalue weighted by Crippen LogP contribution is -2.34. The highest BCUT2D eigenvalue weighted by Gasteiger charge is 2.22. The largest absolute Gasteiger partial charge is 0.494 e. The number of halogens is 1. The number of cyclic esters (lactones) is 1. The number of ether oxygens (including phenoxy) is 6. The van der Waals surface area contributed by atoms with Crippen molar-refractivity contribution in [3.05, 3.63) is 47.3 Å². The molecule has 4 rings (SSSR count). The van der Waals surface area contributed by atoms with Crippen LogP contribution in [0.25, 0.3) is 0 Å². The van der Waals surface area contributed by atoms with E-state index in [9.17, 15) is 14.0 Å². The van der Waals surface area contributed by atoms with E-state index in [1.54, 1.807) is 12.1 Å². The maximum absolute atomic E-state index is 13.9. The molecule has 0 aromatic heterocycles. The second-order valence-electron chi connectivity index (χ2n) is 10.4. The maximum atomic E-state index is 13.9. The Hall–Kier alpha value is -3.57. The number of benzene rings is 2. The second-order valence-corrected chi connectivity index (χ2v) is 10.4. The summed E-state index contributed by atoms with van der Waals surface area (Å²) in [6, 6.07) is 7.13. The first-order chi connectivity index (χ1) is 20.4. The van der Waals surface area contributed by atoms with Crippen LogP contribution in [0.2, 0.25) is 0 Å². The molecule has 10 nitrogen and oxygen atoms in total. The van der Waals surface area contributed by atoms with E-state index < -0.39 is 17.8 Å². The standard InChI is InChI=1S/C31H41FN2O8/c1-37-26-19-22(8-9-25(26)32)31(36)42-24-7-4-17-40-28-21-23(20-27(38-2)29(28)39-3)30(35)41-18-6-13-33-11-5-12-34(14-10-24)16-15-33/h8-9,19-21,24H,4-7,10-18H2,1-3H3. The Morgan fingerprint density at radius 1 is 0.810 bits per heavy atom. The quantitative estimate of drug-likeness (QED) is 0.473. The van der Waals surface area contributed by atoms with Crippen LogP contribution < -0.4 is 18.9 Å². The minimum Gasteiger partial charge on any atom is -0.494 e. The zero-order valence-electron chi connectivity index (χ0n) is 24.7. The van der Waals surface area contributed by atoms with Gasteiger partial charge in [0.05, 0.1) is 45.7 Å². The van der Waals surface area contributed by atoms with Gasteiger partial charge in [-0.3, -0.25) is 0 Å². The van der Waals surface area contributed by atoms with E-state index in [0.29, 0.717) is 48.7 Å². The molecule has 0 amide bonds. The van der Waals surface area contributed by atoms with Crippen molar-refractivity contribution in [2.24, 2.45) is 0 Å². The van der Waals surface area contributed by atoms with Crippen LogP contribution in [0.3, 0.4) is 0 Å². The van der Waals surface area contributed by atoms with Crippen LogP contribution >= 0.6 is 0 Å². The van der Waals surface area contributed by atoms with Crippen molar-refractivity contribution in [3.8, 4) is 23.0 Å². The van der Waals surface area contributed by atoms with Gasteiger partial charge in [0.15, 0.2) is 23.1 Å². The van der Waals surface area contributed by atoms with E-state index in [2.05, 4.69) is 9.80 Å². The highest BCUT2D eigenvalue weighted by atomic mass is 19.1. The van der Waals surface area contributed by atoms with Gasteiger partial charge in [-0.25, -0.2) is 14.0 Å². The number of methoxy groups -OCH3 is 3. The molecule has 4 bridgehead atoms. The van der Waals surface area contributed by atoms with Gasteiger partial charge in [-0.2, -0.15) is 0 Å². The summed E-state index contributed by atoms with van der Waals surface area (Å²) < 4.78 is 47.4. The second kappa shape index (κ2) is 15.6. The normalized spacial score (nSPS) is 22.3. The molecule has 1 saturated heterocycles. The van der Waals surface area contributed by atoms with Gasteiger partial charge in [-0.1, -0.05) is 0 Å². The summed E-state index contributed by atoms with van der Waals surface area (Å²) in [6.07, 6.45) is 3.15. The Kier molecular flexibility index (Phi) is 11.7. The molecule has 3 atom stereocenters. The molecule has 11 heteroatoms. The summed E-state index contributed by atoms with van der Waals surface area (Å²) in [5.41, 5.74) is 0.540. The van der Waals surface area contributed by atoms with Crippen LogP contribution in [0, 0.1) is 5.82 Å². The van der Waals surface area contributed by atoms with Crippen molar-refractivity contribution >= 4 is 11.9 Å². The lowest BCUT2D eigenvalue weighted by atomic mass is 10.1. The van der Waals surface area contributed by atoms with E-state index in [1.165, 1.54) is 39.5 Å². The Labute approximate surface area is 246 Å². The number of esters is 2. The first-order valence-electron chi connectivity index (χ1n) is 14.5. The molecule has 2 heterocycles. The summed E-state index contributed by atoms with van der Waals surface area (Å²) in [4.78, 5) is 30.7. The number of nitrogens with zero attached hydrogens (tertiary/aromatic N) is 2. The number of hydrogen-bond acceptors (Lipinski definition) is 10. The van der Waals surface area contributed by atoms with Gasteiger partial charge in [0.2, 0.25) is 5.75 Å². The third-order valence-electron chi connectivity index (χ3n) is 7.57. The van der Waals surface area contributed by atoms with E-state index in [4.69, 9.17) is 28.4 Å². The minimum absolute atomic E-state index is 0.0111. The lowest BCUT2D eigenvalue weighted by molar-refractivity contribution is 0.0221. The average Bonchev–Trinajstić information content (AvgIpc) is 3.24. The predicted octanol–water partition coefficient (Wildman–Crippen LogP) is 4.19. The number of hydrogen-bond donors (Lipinski definition) is 0. The zero-order chi connectivity index (χ0) is 29.9. The summed E-state index contributed by atoms with van der Waals surface area (Å²) in [5, 5.41) is 0. The minimum atomic E-state index is -0.544. The maximum Gasteiger partial charge on any atom is 0.338 e. The summed E-state index contributed by atoms with van der Waals surface area (Å²) in [7, 11) is 4.35. The molecule has 0 radical (unpaired) electrons. The topological polar surface area (TPSA) is 96.0 Å². The molecule has 0 saturated carbocycles. The van der Waals surface area contributed by atoms with E-state index in [-0.39, 0.29) is 24.0 Å². The Balaban J connectivity index is 1.52. The molecule has 0 aliphatic carbocycles. The molecule has 0 spiro atoms. The first kappa shape index (κ1) is 31.4. The SMILES string of the molecule is COc1cc(C(=O)OC2CCCOc3cc(cc(OC)c3OC)C(=O)OCCCN3CCCN(CC2)CC3)ccc1F. The van der Waals surface area contributed by atoms with Crippen molar-refractivity contribution in [3.63, 3.8) is 0 Å². The van der Waals surface area contributed by atoms with Crippen molar-refractivity contribution in [2.45, 2.75) is 38.2 Å². The fraction of sp³-hybridized carbons (Fsp3) is 0.548. The van der Waals surface area contributed by atoms with Crippen molar-refractivity contribution in [1.82, 2.24) is 9.80 Å². The Morgan fingerprint density at radius 2 is 1.52 bits per heavy atom. The van der Waals surface area contributed by atoms with E-state index in [1.807, 2.05) is 0 Å². The van der Waals surface area contributed by atoms with Gasteiger partial charge >= 0.3 is 11.9 Å². The predicted molar refractivity (Wildman–Crippen MR) is 153 cm³/mol. The number of carbonyl (C=O) groups excluding carboxylic acids is 2. The molecule has 1 fully saturated rings. The molecular weight excluding hydrogens is 547 g/mol. The fourth-order valence-electron chi connectivity index (χ4n) is 5.25. The highest BCUT2D eigenvalue weighted by molar-refractivity contribution is 5.91. The fourth-order valence-corrected chi connectivity index (χ4v) is 5.25. The molecular formula is C31H41FN2O8. The Bertz CT molecular complexity index is 1210. The molecule has 0 N–H and O–H groups in total. The average molecular weight is 589 g/mol. The van der Waals surface area contributed by atoms with Crippen LogP contribution in [0.1, 0.15) is 52.8 Å². The summed E-state index contributed by atoms with van der Waals surface area (Å²) in [6.45, 7) is 5.98. The van der Waals surface area contributed by atoms with Crippen LogP contribution in [-0.2, 0) is 9.47 Å². The molecule has 230 valence electrons. The van der Waals surface area contributed by atoms with E-state index in [0.717, 1.165) is 52.1 Å². The molecule has 2 aromatic carbocycles.